The summed E-state index contributed by atoms with van der Waals surface area (Å²) in [5.74, 6) is -0.972. The van der Waals surface area contributed by atoms with Gasteiger partial charge in [0.2, 0.25) is 5.91 Å². The highest BCUT2D eigenvalue weighted by atomic mass is 19.1. The first-order valence-corrected chi connectivity index (χ1v) is 10.1. The first-order valence-electron chi connectivity index (χ1n) is 10.1. The van der Waals surface area contributed by atoms with Crippen molar-refractivity contribution >= 4 is 17.7 Å². The molecule has 1 aliphatic rings. The van der Waals surface area contributed by atoms with Crippen molar-refractivity contribution in [3.05, 3.63) is 71.0 Å². The van der Waals surface area contributed by atoms with E-state index in [1.807, 2.05) is 19.1 Å². The Hall–Kier alpha value is -3.22. The minimum atomic E-state index is -0.465. The predicted molar refractivity (Wildman–Crippen MR) is 112 cm³/mol. The van der Waals surface area contributed by atoms with Gasteiger partial charge in [0.25, 0.3) is 11.8 Å². The monoisotopic (exact) mass is 411 g/mol. The van der Waals surface area contributed by atoms with Gasteiger partial charge in [-0.1, -0.05) is 17.7 Å². The van der Waals surface area contributed by atoms with Crippen LogP contribution in [0, 0.1) is 12.7 Å². The van der Waals surface area contributed by atoms with Crippen LogP contribution < -0.4 is 10.6 Å². The van der Waals surface area contributed by atoms with Crippen molar-refractivity contribution in [1.82, 2.24) is 15.5 Å². The van der Waals surface area contributed by atoms with E-state index in [2.05, 4.69) is 10.6 Å². The second-order valence-electron chi connectivity index (χ2n) is 7.43. The number of nitrogens with one attached hydrogen (secondary N) is 2. The molecule has 6 nitrogen and oxygen atoms in total. The molecule has 1 heterocycles. The fourth-order valence-corrected chi connectivity index (χ4v) is 3.47. The summed E-state index contributed by atoms with van der Waals surface area (Å²) in [5, 5.41) is 5.59. The second-order valence-corrected chi connectivity index (χ2v) is 7.43. The minimum absolute atomic E-state index is 0.126. The van der Waals surface area contributed by atoms with Gasteiger partial charge in [-0.25, -0.2) is 4.39 Å². The van der Waals surface area contributed by atoms with E-state index >= 15 is 0 Å². The Morgan fingerprint density at radius 1 is 0.967 bits per heavy atom. The lowest BCUT2D eigenvalue weighted by molar-refractivity contribution is -0.124. The van der Waals surface area contributed by atoms with Crippen molar-refractivity contribution in [3.63, 3.8) is 0 Å². The van der Waals surface area contributed by atoms with E-state index in [1.165, 1.54) is 24.3 Å². The van der Waals surface area contributed by atoms with Crippen LogP contribution in [0.15, 0.2) is 48.5 Å². The molecule has 0 aromatic heterocycles. The third-order valence-corrected chi connectivity index (χ3v) is 5.16. The van der Waals surface area contributed by atoms with Crippen LogP contribution in [-0.2, 0) is 4.79 Å². The van der Waals surface area contributed by atoms with Crippen LogP contribution in [0.3, 0.4) is 0 Å². The van der Waals surface area contributed by atoms with Crippen molar-refractivity contribution in [3.8, 4) is 0 Å². The molecule has 1 saturated heterocycles. The quantitative estimate of drug-likeness (QED) is 0.688. The molecule has 2 aromatic rings. The average Bonchev–Trinajstić information content (AvgIpc) is 3.24. The molecule has 158 valence electrons. The van der Waals surface area contributed by atoms with E-state index in [1.54, 1.807) is 17.0 Å². The Kier molecular flexibility index (Phi) is 7.17. The van der Waals surface area contributed by atoms with Crippen LogP contribution in [0.4, 0.5) is 4.39 Å². The zero-order valence-corrected chi connectivity index (χ0v) is 17.0. The first-order chi connectivity index (χ1) is 14.5. The zero-order valence-electron chi connectivity index (χ0n) is 17.0. The number of hydrogen-bond donors (Lipinski definition) is 2. The maximum absolute atomic E-state index is 12.9. The molecule has 1 fully saturated rings. The van der Waals surface area contributed by atoms with Crippen molar-refractivity contribution in [2.75, 3.05) is 19.6 Å². The van der Waals surface area contributed by atoms with Gasteiger partial charge in [-0.15, -0.1) is 0 Å². The SMILES string of the molecule is Cc1ccc(C(=O)N2CCC[C@H]2C(=O)NCCCNC(=O)c2ccc(F)cc2)cc1. The molecule has 0 unspecified atom stereocenters. The van der Waals surface area contributed by atoms with Gasteiger partial charge >= 0.3 is 0 Å². The molecule has 0 spiro atoms. The Labute approximate surface area is 175 Å². The summed E-state index contributed by atoms with van der Waals surface area (Å²) in [6.45, 7) is 3.31. The lowest BCUT2D eigenvalue weighted by Crippen LogP contribution is -2.46. The fourth-order valence-electron chi connectivity index (χ4n) is 3.47. The molecular formula is C23H26FN3O3. The summed E-state index contributed by atoms with van der Waals surface area (Å²) in [5.41, 5.74) is 2.05. The van der Waals surface area contributed by atoms with E-state index in [4.69, 9.17) is 0 Å². The average molecular weight is 411 g/mol. The molecule has 3 rings (SSSR count). The fraction of sp³-hybridized carbons (Fsp3) is 0.348. The zero-order chi connectivity index (χ0) is 21.5. The number of benzene rings is 2. The predicted octanol–water partition coefficient (Wildman–Crippen LogP) is 2.68. The summed E-state index contributed by atoms with van der Waals surface area (Å²) in [6.07, 6.45) is 1.99. The van der Waals surface area contributed by atoms with Gasteiger partial charge in [0.05, 0.1) is 0 Å². The molecule has 2 aromatic carbocycles. The highest BCUT2D eigenvalue weighted by Gasteiger charge is 2.34. The van der Waals surface area contributed by atoms with Gasteiger partial charge < -0.3 is 15.5 Å². The van der Waals surface area contributed by atoms with Gasteiger partial charge in [-0.3, -0.25) is 14.4 Å². The Bertz CT molecular complexity index is 897. The first kappa shape index (κ1) is 21.5. The summed E-state index contributed by atoms with van der Waals surface area (Å²) in [6, 6.07) is 12.2. The molecular weight excluding hydrogens is 385 g/mol. The molecule has 7 heteroatoms. The van der Waals surface area contributed by atoms with Crippen LogP contribution in [0.2, 0.25) is 0 Å². The summed E-state index contributed by atoms with van der Waals surface area (Å²) in [4.78, 5) is 38.9. The van der Waals surface area contributed by atoms with Gasteiger partial charge in [0.1, 0.15) is 11.9 Å². The van der Waals surface area contributed by atoms with E-state index in [0.717, 1.165) is 12.0 Å². The normalized spacial score (nSPS) is 15.7. The number of hydrogen-bond acceptors (Lipinski definition) is 3. The standard InChI is InChI=1S/C23H26FN3O3/c1-16-5-7-18(8-6-16)23(30)27-15-2-4-20(27)22(29)26-14-3-13-25-21(28)17-9-11-19(24)12-10-17/h5-12,20H,2-4,13-15H2,1H3,(H,25,28)(H,26,29)/t20-/m0/s1. The number of carbonyl (C=O) groups is 3. The van der Waals surface area contributed by atoms with E-state index in [0.29, 0.717) is 43.6 Å². The third kappa shape index (κ3) is 5.43. The number of likely N-dealkylation sites (tertiary alicyclic amines) is 1. The van der Waals surface area contributed by atoms with Gasteiger partial charge in [0.15, 0.2) is 0 Å². The molecule has 2 N–H and O–H groups in total. The molecule has 1 aliphatic heterocycles. The minimum Gasteiger partial charge on any atom is -0.354 e. The molecule has 0 aliphatic carbocycles. The lowest BCUT2D eigenvalue weighted by Gasteiger charge is -2.24. The van der Waals surface area contributed by atoms with E-state index < -0.39 is 11.9 Å². The molecule has 0 bridgehead atoms. The van der Waals surface area contributed by atoms with Crippen LogP contribution in [0.25, 0.3) is 0 Å². The van der Waals surface area contributed by atoms with Crippen molar-refractivity contribution < 1.29 is 18.8 Å². The molecule has 3 amide bonds. The largest absolute Gasteiger partial charge is 0.354 e. The smallest absolute Gasteiger partial charge is 0.254 e. The van der Waals surface area contributed by atoms with Gasteiger partial charge in [0, 0.05) is 30.8 Å². The van der Waals surface area contributed by atoms with Crippen molar-refractivity contribution in [1.29, 1.82) is 0 Å². The number of halogens is 1. The van der Waals surface area contributed by atoms with Gasteiger partial charge in [-0.2, -0.15) is 0 Å². The van der Waals surface area contributed by atoms with Crippen LogP contribution in [-0.4, -0.2) is 48.3 Å². The van der Waals surface area contributed by atoms with E-state index in [-0.39, 0.29) is 17.7 Å². The molecule has 30 heavy (non-hydrogen) atoms. The number of nitrogens with zero attached hydrogens (tertiary/aromatic N) is 1. The molecule has 0 saturated carbocycles. The molecule has 0 radical (unpaired) electrons. The molecule has 1 atom stereocenters. The highest BCUT2D eigenvalue weighted by Crippen LogP contribution is 2.20. The number of rotatable bonds is 7. The maximum atomic E-state index is 12.9. The van der Waals surface area contributed by atoms with Crippen molar-refractivity contribution in [2.45, 2.75) is 32.2 Å². The number of aryl methyl sites for hydroxylation is 1. The third-order valence-electron chi connectivity index (χ3n) is 5.16. The number of carbonyl (C=O) groups excluding carboxylic acids is 3. The van der Waals surface area contributed by atoms with Crippen LogP contribution >= 0.6 is 0 Å². The summed E-state index contributed by atoms with van der Waals surface area (Å²) < 4.78 is 12.9. The Morgan fingerprint density at radius 3 is 2.30 bits per heavy atom. The van der Waals surface area contributed by atoms with Gasteiger partial charge in [-0.05, 0) is 62.6 Å². The Morgan fingerprint density at radius 2 is 1.60 bits per heavy atom. The Balaban J connectivity index is 1.42. The van der Waals surface area contributed by atoms with Crippen molar-refractivity contribution in [2.24, 2.45) is 0 Å². The maximum Gasteiger partial charge on any atom is 0.254 e. The lowest BCUT2D eigenvalue weighted by atomic mass is 10.1. The van der Waals surface area contributed by atoms with Crippen LogP contribution in [0.5, 0.6) is 0 Å². The highest BCUT2D eigenvalue weighted by molar-refractivity contribution is 5.98. The topological polar surface area (TPSA) is 78.5 Å². The van der Waals surface area contributed by atoms with E-state index in [9.17, 15) is 18.8 Å². The number of amides is 3. The summed E-state index contributed by atoms with van der Waals surface area (Å²) >= 11 is 0. The van der Waals surface area contributed by atoms with Crippen LogP contribution in [0.1, 0.15) is 45.5 Å². The summed E-state index contributed by atoms with van der Waals surface area (Å²) in [7, 11) is 0. The second kappa shape index (κ2) is 10.0.